The highest BCUT2D eigenvalue weighted by molar-refractivity contribution is 6.02. The number of aliphatic carboxylic acids is 1. The van der Waals surface area contributed by atoms with Crippen molar-refractivity contribution in [3.05, 3.63) is 23.9 Å². The Morgan fingerprint density at radius 1 is 0.711 bits per heavy atom. The summed E-state index contributed by atoms with van der Waals surface area (Å²) in [4.78, 5) is 154. The van der Waals surface area contributed by atoms with E-state index in [1.165, 1.54) is 6.92 Å². The van der Waals surface area contributed by atoms with E-state index < -0.39 is 164 Å². The monoisotopic (exact) mass is 1090 g/mol. The van der Waals surface area contributed by atoms with Crippen molar-refractivity contribution in [1.29, 1.82) is 0 Å². The zero-order chi connectivity index (χ0) is 57.5. The van der Waals surface area contributed by atoms with E-state index in [-0.39, 0.29) is 32.4 Å². The van der Waals surface area contributed by atoms with Crippen LogP contribution in [0.25, 0.3) is 0 Å². The summed E-state index contributed by atoms with van der Waals surface area (Å²) in [6, 6.07) is -12.6. The van der Waals surface area contributed by atoms with Crippen LogP contribution in [0.1, 0.15) is 111 Å². The largest absolute Gasteiger partial charge is 0.479 e. The third-order valence-electron chi connectivity index (χ3n) is 11.5. The van der Waals surface area contributed by atoms with Crippen LogP contribution in [0.2, 0.25) is 0 Å². The van der Waals surface area contributed by atoms with Gasteiger partial charge in [-0.1, -0.05) is 44.4 Å². The standard InChI is InChI=1S/C46H75N11O19/c1-4-6-7-8-9-10-11-12-13-18-35(63)55-36(37(64)46(73)74)44(71)54-33(25-60)42(69)50-29(19-20-34(47)62)40(67)53-31(23-58)41(68)49-28(16-14-21-56(75)26(3)61)39(66)48-27(5-2)38(65)52-32(24-59)43(70)51-30-17-15-22-57(76)45(30)72/h5,10-11,28-33,36-37,58-60,64,75-76H,4,6-9,12-25H2,1-3H3,(H2,47,62)(H,48,66)(H,49,68)(H,50,69)(H,51,70)(H,52,65)(H,53,67)(H,54,71)(H,55,63)(H,73,74). The lowest BCUT2D eigenvalue weighted by molar-refractivity contribution is -0.173. The number of aliphatic hydroxyl groups excluding tert-OH is 4. The average Bonchev–Trinajstić information content (AvgIpc) is 3.37. The Kier molecular flexibility index (Phi) is 31.7. The molecule has 30 nitrogen and oxygen atoms in total. The van der Waals surface area contributed by atoms with Gasteiger partial charge >= 0.3 is 5.97 Å². The Bertz CT molecular complexity index is 2070. The van der Waals surface area contributed by atoms with Crippen molar-refractivity contribution >= 4 is 70.9 Å². The highest BCUT2D eigenvalue weighted by atomic mass is 16.5. The minimum Gasteiger partial charge on any atom is -0.479 e. The molecule has 1 aliphatic rings. The molecule has 0 spiro atoms. The molecule has 0 saturated carbocycles. The highest BCUT2D eigenvalue weighted by Crippen LogP contribution is 2.11. The van der Waals surface area contributed by atoms with Crippen molar-refractivity contribution in [2.24, 2.45) is 5.73 Å². The van der Waals surface area contributed by atoms with Crippen molar-refractivity contribution in [3.63, 3.8) is 0 Å². The molecule has 1 aliphatic heterocycles. The molecule has 0 aromatic carbocycles. The van der Waals surface area contributed by atoms with E-state index in [1.54, 1.807) is 0 Å². The summed E-state index contributed by atoms with van der Waals surface area (Å²) in [5.41, 5.74) is 4.71. The van der Waals surface area contributed by atoms with Crippen molar-refractivity contribution in [2.45, 2.75) is 159 Å². The van der Waals surface area contributed by atoms with Crippen LogP contribution in [-0.2, 0) is 57.5 Å². The van der Waals surface area contributed by atoms with Crippen LogP contribution in [0.4, 0.5) is 0 Å². The normalized spacial score (nSPS) is 16.3. The second-order valence-electron chi connectivity index (χ2n) is 17.5. The lowest BCUT2D eigenvalue weighted by atomic mass is 10.1. The molecule has 17 N–H and O–H groups in total. The first kappa shape index (κ1) is 66.9. The summed E-state index contributed by atoms with van der Waals surface area (Å²) in [7, 11) is 0. The van der Waals surface area contributed by atoms with Gasteiger partial charge < -0.3 is 73.8 Å². The molecule has 0 bridgehead atoms. The fourth-order valence-corrected chi connectivity index (χ4v) is 7.05. The van der Waals surface area contributed by atoms with Gasteiger partial charge in [0.1, 0.15) is 48.0 Å². The summed E-state index contributed by atoms with van der Waals surface area (Å²) in [6.45, 7) is 0.623. The number of amides is 11. The maximum absolute atomic E-state index is 13.7. The molecule has 8 unspecified atom stereocenters. The maximum atomic E-state index is 13.7. The van der Waals surface area contributed by atoms with Crippen LogP contribution in [0.15, 0.2) is 23.9 Å². The Hall–Kier alpha value is -7.12. The number of hydrogen-bond donors (Lipinski definition) is 16. The van der Waals surface area contributed by atoms with E-state index >= 15 is 0 Å². The molecule has 1 fully saturated rings. The SMILES string of the molecule is CC=C(NC(=O)C(CCCN(O)C(C)=O)NC(=O)C(CO)NC(=O)C(CCC(N)=O)NC(=O)C(CO)NC(=O)C(NC(=O)CCCC=CCCCCCC)C(O)C(=O)O)C(=O)NC(CO)C(=O)NC1CCCN(O)C1=O. The van der Waals surface area contributed by atoms with E-state index in [1.807, 2.05) is 17.5 Å². The second-order valence-corrected chi connectivity index (χ2v) is 17.5. The van der Waals surface area contributed by atoms with E-state index in [4.69, 9.17) is 5.73 Å². The summed E-state index contributed by atoms with van der Waals surface area (Å²) in [6.07, 6.45) is 6.73. The number of nitrogens with one attached hydrogen (secondary N) is 8. The number of allylic oxidation sites excluding steroid dienone is 3. The van der Waals surface area contributed by atoms with E-state index in [9.17, 15) is 93.5 Å². The van der Waals surface area contributed by atoms with Crippen molar-refractivity contribution in [2.75, 3.05) is 32.9 Å². The zero-order valence-corrected chi connectivity index (χ0v) is 42.8. The molecule has 1 saturated heterocycles. The van der Waals surface area contributed by atoms with Crippen LogP contribution >= 0.6 is 0 Å². The van der Waals surface area contributed by atoms with Crippen LogP contribution < -0.4 is 48.3 Å². The first-order chi connectivity index (χ1) is 36.0. The van der Waals surface area contributed by atoms with Crippen LogP contribution in [0.5, 0.6) is 0 Å². The number of nitrogens with zero attached hydrogens (tertiary/aromatic N) is 2. The third-order valence-corrected chi connectivity index (χ3v) is 11.5. The van der Waals surface area contributed by atoms with Gasteiger partial charge in [-0.2, -0.15) is 0 Å². The third kappa shape index (κ3) is 24.5. The van der Waals surface area contributed by atoms with Crippen LogP contribution in [0.3, 0.4) is 0 Å². The number of piperidine rings is 1. The average molecular weight is 1090 g/mol. The molecule has 0 aromatic heterocycles. The molecule has 0 radical (unpaired) electrons. The Balaban J connectivity index is 3.23. The molecular formula is C46H75N11O19. The molecule has 11 amide bonds. The second kappa shape index (κ2) is 36.0. The summed E-state index contributed by atoms with van der Waals surface area (Å²) in [5.74, 6) is -14.1. The number of hydrogen-bond acceptors (Lipinski definition) is 18. The first-order valence-corrected chi connectivity index (χ1v) is 24.7. The lowest BCUT2D eigenvalue weighted by Gasteiger charge is -2.29. The van der Waals surface area contributed by atoms with Gasteiger partial charge in [-0.3, -0.25) is 63.2 Å². The van der Waals surface area contributed by atoms with Crippen LogP contribution in [-0.4, -0.2) is 198 Å². The van der Waals surface area contributed by atoms with Gasteiger partial charge in [-0.25, -0.2) is 14.9 Å². The number of carbonyl (C=O) groups excluding carboxylic acids is 11. The lowest BCUT2D eigenvalue weighted by Crippen LogP contribution is -2.62. The molecule has 1 heterocycles. The minimum absolute atomic E-state index is 0.0222. The summed E-state index contributed by atoms with van der Waals surface area (Å²) in [5, 5.41) is 87.5. The Morgan fingerprint density at radius 3 is 1.79 bits per heavy atom. The molecule has 1 rings (SSSR count). The van der Waals surface area contributed by atoms with Crippen molar-refractivity contribution < 1.29 is 93.5 Å². The number of carboxylic acids is 1. The van der Waals surface area contributed by atoms with Gasteiger partial charge in [0.25, 0.3) is 11.8 Å². The van der Waals surface area contributed by atoms with Crippen molar-refractivity contribution in [1.82, 2.24) is 52.7 Å². The molecule has 0 aliphatic carbocycles. The number of carbonyl (C=O) groups is 12. The van der Waals surface area contributed by atoms with E-state index in [0.717, 1.165) is 45.1 Å². The fourth-order valence-electron chi connectivity index (χ4n) is 7.05. The number of unbranched alkanes of at least 4 members (excludes halogenated alkanes) is 5. The molecule has 0 aromatic rings. The van der Waals surface area contributed by atoms with Crippen LogP contribution in [0, 0.1) is 0 Å². The van der Waals surface area contributed by atoms with Gasteiger partial charge in [-0.15, -0.1) is 0 Å². The smallest absolute Gasteiger partial charge is 0.335 e. The first-order valence-electron chi connectivity index (χ1n) is 24.7. The minimum atomic E-state index is -2.54. The molecule has 8 atom stereocenters. The fraction of sp³-hybridized carbons (Fsp3) is 0.652. The number of primary amides is 1. The predicted molar refractivity (Wildman–Crippen MR) is 262 cm³/mol. The number of aliphatic hydroxyl groups is 4. The maximum Gasteiger partial charge on any atom is 0.335 e. The zero-order valence-electron chi connectivity index (χ0n) is 42.8. The number of rotatable bonds is 36. The van der Waals surface area contributed by atoms with Gasteiger partial charge in [-0.05, 0) is 64.7 Å². The van der Waals surface area contributed by atoms with Gasteiger partial charge in [0.15, 0.2) is 6.10 Å². The molecule has 76 heavy (non-hydrogen) atoms. The Labute approximate surface area is 437 Å². The highest BCUT2D eigenvalue weighted by Gasteiger charge is 2.37. The number of nitrogens with two attached hydrogens (primary N) is 1. The van der Waals surface area contributed by atoms with Gasteiger partial charge in [0.05, 0.1) is 19.8 Å². The molecule has 30 heteroatoms. The van der Waals surface area contributed by atoms with E-state index in [0.29, 0.717) is 29.4 Å². The predicted octanol–water partition coefficient (Wildman–Crippen LogP) is -5.19. The summed E-state index contributed by atoms with van der Waals surface area (Å²) >= 11 is 0. The number of carboxylic acid groups (broad SMARTS) is 1. The summed E-state index contributed by atoms with van der Waals surface area (Å²) < 4.78 is 0. The van der Waals surface area contributed by atoms with E-state index in [2.05, 4.69) is 44.1 Å². The quantitative estimate of drug-likeness (QED) is 0.00917. The molecular weight excluding hydrogens is 1010 g/mol. The van der Waals surface area contributed by atoms with Gasteiger partial charge in [0.2, 0.25) is 53.2 Å². The Morgan fingerprint density at radius 2 is 1.25 bits per heavy atom. The topological polar surface area (TPSA) is 475 Å². The molecule has 428 valence electrons. The van der Waals surface area contributed by atoms with Gasteiger partial charge in [0, 0.05) is 32.9 Å². The van der Waals surface area contributed by atoms with Crippen molar-refractivity contribution in [3.8, 4) is 0 Å². The number of hydroxylamine groups is 4.